The predicted octanol–water partition coefficient (Wildman–Crippen LogP) is 1.01. The number of aromatic amines is 2. The first kappa shape index (κ1) is 14.4. The van der Waals surface area contributed by atoms with Crippen molar-refractivity contribution in [1.29, 1.82) is 0 Å². The molecule has 1 unspecified atom stereocenters. The number of nitrogens with one attached hydrogen (secondary N) is 2. The number of rotatable bonds is 3. The Kier molecular flexibility index (Phi) is 3.12. The van der Waals surface area contributed by atoms with Gasteiger partial charge in [0.2, 0.25) is 11.2 Å². The van der Waals surface area contributed by atoms with Gasteiger partial charge in [-0.05, 0) is 13.3 Å². The molecule has 0 fully saturated rings. The fourth-order valence-electron chi connectivity index (χ4n) is 2.85. The van der Waals surface area contributed by atoms with Crippen LogP contribution in [0.15, 0.2) is 40.4 Å². The van der Waals surface area contributed by atoms with Crippen LogP contribution in [0.5, 0.6) is 0 Å². The molecule has 0 bridgehead atoms. The highest BCUT2D eigenvalue weighted by atomic mass is 16.1. The molecule has 0 amide bonds. The molecule has 2 N–H and O–H groups in total. The molecule has 0 radical (unpaired) electrons. The minimum Gasteiger partial charge on any atom is -0.345 e. The molecule has 4 rings (SSSR count). The SMILES string of the molecule is Cc1cn2cc(CC(C)c3nn4cc[nH]c4cc3=O)nc2[nH]c1=O. The third kappa shape index (κ3) is 2.32. The summed E-state index contributed by atoms with van der Waals surface area (Å²) in [7, 11) is 0. The maximum atomic E-state index is 12.3. The van der Waals surface area contributed by atoms with Gasteiger partial charge >= 0.3 is 0 Å². The second-order valence-electron chi connectivity index (χ2n) is 6.02. The Labute approximate surface area is 135 Å². The Balaban J connectivity index is 1.69. The van der Waals surface area contributed by atoms with Crippen molar-refractivity contribution in [2.45, 2.75) is 26.2 Å². The van der Waals surface area contributed by atoms with Gasteiger partial charge in [-0.15, -0.1) is 0 Å². The van der Waals surface area contributed by atoms with Crippen molar-refractivity contribution in [1.82, 2.24) is 29.0 Å². The minimum absolute atomic E-state index is 0.0953. The molecule has 0 aliphatic carbocycles. The van der Waals surface area contributed by atoms with Gasteiger partial charge in [-0.25, -0.2) is 9.50 Å². The van der Waals surface area contributed by atoms with E-state index in [0.717, 1.165) is 5.69 Å². The molecule has 122 valence electrons. The lowest BCUT2D eigenvalue weighted by molar-refractivity contribution is 0.683. The van der Waals surface area contributed by atoms with Gasteiger partial charge < -0.3 is 4.98 Å². The Morgan fingerprint density at radius 2 is 2.12 bits per heavy atom. The van der Waals surface area contributed by atoms with E-state index in [2.05, 4.69) is 20.1 Å². The van der Waals surface area contributed by atoms with Gasteiger partial charge in [0.15, 0.2) is 0 Å². The summed E-state index contributed by atoms with van der Waals surface area (Å²) in [5, 5.41) is 4.39. The molecule has 4 aromatic heterocycles. The summed E-state index contributed by atoms with van der Waals surface area (Å²) in [6.07, 6.45) is 7.66. The molecule has 8 heteroatoms. The van der Waals surface area contributed by atoms with Crippen molar-refractivity contribution in [2.75, 3.05) is 0 Å². The lowest BCUT2D eigenvalue weighted by Gasteiger charge is -2.08. The summed E-state index contributed by atoms with van der Waals surface area (Å²) in [6, 6.07) is 1.54. The number of fused-ring (bicyclic) bond motifs is 2. The minimum atomic E-state index is -0.148. The quantitative estimate of drug-likeness (QED) is 0.587. The molecule has 0 aliphatic heterocycles. The van der Waals surface area contributed by atoms with E-state index in [0.29, 0.717) is 29.1 Å². The molecule has 0 aliphatic rings. The fourth-order valence-corrected chi connectivity index (χ4v) is 2.85. The summed E-state index contributed by atoms with van der Waals surface area (Å²) < 4.78 is 3.44. The van der Waals surface area contributed by atoms with Crippen molar-refractivity contribution in [3.63, 3.8) is 0 Å². The third-order valence-corrected chi connectivity index (χ3v) is 4.11. The zero-order valence-electron chi connectivity index (χ0n) is 13.3. The highest BCUT2D eigenvalue weighted by Crippen LogP contribution is 2.16. The number of hydrogen-bond donors (Lipinski definition) is 2. The Morgan fingerprint density at radius 1 is 1.29 bits per heavy atom. The average Bonchev–Trinajstić information content (AvgIpc) is 3.12. The van der Waals surface area contributed by atoms with Crippen LogP contribution in [0.3, 0.4) is 0 Å². The zero-order valence-corrected chi connectivity index (χ0v) is 13.3. The molecular formula is C16H16N6O2. The van der Waals surface area contributed by atoms with Crippen LogP contribution in [0, 0.1) is 6.92 Å². The number of aryl methyl sites for hydroxylation is 1. The highest BCUT2D eigenvalue weighted by Gasteiger charge is 2.16. The van der Waals surface area contributed by atoms with E-state index in [1.807, 2.05) is 13.1 Å². The number of H-pyrrole nitrogens is 2. The van der Waals surface area contributed by atoms with Crippen LogP contribution in [0.1, 0.15) is 29.8 Å². The summed E-state index contributed by atoms with van der Waals surface area (Å²) in [6.45, 7) is 3.69. The standard InChI is InChI=1S/C16H16N6O2/c1-9(14-12(23)6-13-17-3-4-22(13)20-14)5-11-8-21-7-10(2)15(24)19-16(21)18-11/h3-4,6-9,17H,5H2,1-2H3,(H,18,19,24). The molecule has 0 aromatic carbocycles. The number of aromatic nitrogens is 6. The molecule has 4 aromatic rings. The summed E-state index contributed by atoms with van der Waals surface area (Å²) >= 11 is 0. The van der Waals surface area contributed by atoms with Crippen LogP contribution >= 0.6 is 0 Å². The number of hydrogen-bond acceptors (Lipinski definition) is 4. The van der Waals surface area contributed by atoms with Crippen LogP contribution < -0.4 is 11.0 Å². The van der Waals surface area contributed by atoms with Crippen LogP contribution in [0.2, 0.25) is 0 Å². The predicted molar refractivity (Wildman–Crippen MR) is 88.5 cm³/mol. The summed E-state index contributed by atoms with van der Waals surface area (Å²) in [4.78, 5) is 34.0. The highest BCUT2D eigenvalue weighted by molar-refractivity contribution is 5.37. The number of nitrogens with zero attached hydrogens (tertiary/aromatic N) is 4. The average molecular weight is 324 g/mol. The van der Waals surface area contributed by atoms with E-state index < -0.39 is 0 Å². The Morgan fingerprint density at radius 3 is 2.96 bits per heavy atom. The van der Waals surface area contributed by atoms with Crippen molar-refractivity contribution < 1.29 is 0 Å². The molecular weight excluding hydrogens is 308 g/mol. The Bertz CT molecular complexity index is 1160. The maximum absolute atomic E-state index is 12.3. The van der Waals surface area contributed by atoms with E-state index in [4.69, 9.17) is 0 Å². The van der Waals surface area contributed by atoms with Crippen LogP contribution in [-0.4, -0.2) is 29.0 Å². The molecule has 1 atom stereocenters. The van der Waals surface area contributed by atoms with Gasteiger partial charge in [-0.2, -0.15) is 5.10 Å². The summed E-state index contributed by atoms with van der Waals surface area (Å²) in [5.74, 6) is 0.403. The van der Waals surface area contributed by atoms with Gasteiger partial charge in [0.1, 0.15) is 11.3 Å². The molecule has 0 saturated heterocycles. The largest absolute Gasteiger partial charge is 0.345 e. The van der Waals surface area contributed by atoms with E-state index in [-0.39, 0.29) is 16.9 Å². The molecule has 8 nitrogen and oxygen atoms in total. The first-order valence-electron chi connectivity index (χ1n) is 7.66. The monoisotopic (exact) mass is 324 g/mol. The number of imidazole rings is 2. The molecule has 24 heavy (non-hydrogen) atoms. The van der Waals surface area contributed by atoms with E-state index >= 15 is 0 Å². The van der Waals surface area contributed by atoms with E-state index in [9.17, 15) is 9.59 Å². The fraction of sp³-hybridized carbons (Fsp3) is 0.250. The van der Waals surface area contributed by atoms with Crippen molar-refractivity contribution in [3.05, 3.63) is 68.4 Å². The van der Waals surface area contributed by atoms with Crippen molar-refractivity contribution in [3.8, 4) is 0 Å². The Hall–Kier alpha value is -3.16. The first-order chi connectivity index (χ1) is 11.5. The van der Waals surface area contributed by atoms with Crippen LogP contribution in [-0.2, 0) is 6.42 Å². The molecule has 4 heterocycles. The normalized spacial score (nSPS) is 12.9. The van der Waals surface area contributed by atoms with Crippen LogP contribution in [0.4, 0.5) is 0 Å². The zero-order chi connectivity index (χ0) is 16.8. The first-order valence-corrected chi connectivity index (χ1v) is 7.66. The second-order valence-corrected chi connectivity index (χ2v) is 6.02. The van der Waals surface area contributed by atoms with Gasteiger partial charge in [0.05, 0.1) is 5.69 Å². The van der Waals surface area contributed by atoms with Gasteiger partial charge in [0, 0.05) is 42.3 Å². The summed E-state index contributed by atoms with van der Waals surface area (Å²) in [5.41, 5.74) is 2.33. The van der Waals surface area contributed by atoms with E-state index in [1.165, 1.54) is 0 Å². The topological polar surface area (TPSA) is 100 Å². The third-order valence-electron chi connectivity index (χ3n) is 4.11. The maximum Gasteiger partial charge on any atom is 0.255 e. The second kappa shape index (κ2) is 5.19. The van der Waals surface area contributed by atoms with Crippen molar-refractivity contribution in [2.24, 2.45) is 0 Å². The molecule has 0 spiro atoms. The van der Waals surface area contributed by atoms with Crippen LogP contribution in [0.25, 0.3) is 11.4 Å². The lowest BCUT2D eigenvalue weighted by atomic mass is 10.0. The lowest BCUT2D eigenvalue weighted by Crippen LogP contribution is -2.17. The van der Waals surface area contributed by atoms with Gasteiger partial charge in [-0.1, -0.05) is 6.92 Å². The van der Waals surface area contributed by atoms with E-state index in [1.54, 1.807) is 40.5 Å². The van der Waals surface area contributed by atoms with Gasteiger partial charge in [0.25, 0.3) is 5.56 Å². The van der Waals surface area contributed by atoms with Crippen molar-refractivity contribution >= 4 is 11.4 Å². The smallest absolute Gasteiger partial charge is 0.255 e. The molecule has 0 saturated carbocycles. The van der Waals surface area contributed by atoms with Gasteiger partial charge in [-0.3, -0.25) is 19.0 Å².